The van der Waals surface area contributed by atoms with Gasteiger partial charge in [-0.15, -0.1) is 0 Å². The number of hydrogen-bond donors (Lipinski definition) is 2. The molecule has 0 spiro atoms. The van der Waals surface area contributed by atoms with E-state index in [1.807, 2.05) is 0 Å². The van der Waals surface area contributed by atoms with Crippen molar-refractivity contribution >= 4 is 19.6 Å². The van der Waals surface area contributed by atoms with E-state index >= 15 is 0 Å². The van der Waals surface area contributed by atoms with Gasteiger partial charge >= 0.3 is 19.6 Å². The number of aliphatic hydroxyl groups excluding tert-OH is 2. The van der Waals surface area contributed by atoms with Crippen LogP contribution in [0.2, 0.25) is 0 Å². The van der Waals surface area contributed by atoms with E-state index < -0.39 is 45.0 Å². The molecule has 0 aliphatic carbocycles. The van der Waals surface area contributed by atoms with Crippen molar-refractivity contribution in [1.29, 1.82) is 0 Å². The number of carbonyl (C=O) groups is 2. The molecule has 2 atom stereocenters. The smallest absolute Gasteiger partial charge is 0.425 e. The summed E-state index contributed by atoms with van der Waals surface area (Å²) in [7, 11) is -0.537. The van der Waals surface area contributed by atoms with Crippen molar-refractivity contribution in [2.75, 3.05) is 13.2 Å². The van der Waals surface area contributed by atoms with Gasteiger partial charge in [-0.3, -0.25) is 0 Å². The van der Waals surface area contributed by atoms with Crippen LogP contribution in [0.25, 0.3) is 0 Å². The molecule has 0 saturated heterocycles. The number of aliphatic hydroxyl groups is 2. The summed E-state index contributed by atoms with van der Waals surface area (Å²) in [6.07, 6.45) is -2.62. The van der Waals surface area contributed by atoms with E-state index in [2.05, 4.69) is 0 Å². The van der Waals surface area contributed by atoms with Crippen molar-refractivity contribution in [2.45, 2.75) is 12.2 Å². The van der Waals surface area contributed by atoms with E-state index in [0.29, 0.717) is 11.5 Å². The Hall–Kier alpha value is -2.72. The molecule has 2 aromatic carbocycles. The van der Waals surface area contributed by atoms with Crippen LogP contribution in [-0.2, 0) is 18.9 Å². The second-order valence-corrected chi connectivity index (χ2v) is 5.26. The molecule has 27 heavy (non-hydrogen) atoms. The molecule has 0 aromatic heterocycles. The normalized spacial score (nSPS) is 12.7. The highest BCUT2D eigenvalue weighted by molar-refractivity contribution is 6.19. The maximum absolute atomic E-state index is 12.0. The molecule has 0 heterocycles. The predicted octanol–water partition coefficient (Wildman–Crippen LogP) is 0.219. The maximum atomic E-state index is 12.0. The Balaban J connectivity index is 1.80. The molecule has 0 bridgehead atoms. The van der Waals surface area contributed by atoms with Crippen LogP contribution in [0.5, 0.6) is 11.5 Å². The molecule has 9 heteroatoms. The van der Waals surface area contributed by atoms with E-state index in [-0.39, 0.29) is 0 Å². The first-order chi connectivity index (χ1) is 13.1. The third-order valence-corrected chi connectivity index (χ3v) is 3.32. The van der Waals surface area contributed by atoms with Crippen LogP contribution in [0.3, 0.4) is 0 Å². The van der Waals surface area contributed by atoms with Crippen molar-refractivity contribution < 1.29 is 38.6 Å². The molecule has 2 N–H and O–H groups in total. The van der Waals surface area contributed by atoms with Crippen molar-refractivity contribution in [1.82, 2.24) is 0 Å². The van der Waals surface area contributed by atoms with Gasteiger partial charge in [0.15, 0.2) is 12.2 Å². The molecule has 0 aliphatic heterocycles. The van der Waals surface area contributed by atoms with Crippen molar-refractivity contribution in [3.05, 3.63) is 60.7 Å². The second-order valence-electron chi connectivity index (χ2n) is 5.26. The highest BCUT2D eigenvalue weighted by Crippen LogP contribution is 2.11. The SMILES string of the molecule is O=C(Oc1ccccc1)C(CO)OBOC(CO)C(=O)Oc1ccccc1. The number of hydrogen-bond acceptors (Lipinski definition) is 8. The summed E-state index contributed by atoms with van der Waals surface area (Å²) >= 11 is 0. The topological polar surface area (TPSA) is 112 Å². The minimum absolute atomic E-state index is 0.296. The summed E-state index contributed by atoms with van der Waals surface area (Å²) < 4.78 is 20.3. The number of para-hydroxylation sites is 2. The van der Waals surface area contributed by atoms with Crippen molar-refractivity contribution in [3.63, 3.8) is 0 Å². The molecule has 0 amide bonds. The molecule has 0 radical (unpaired) electrons. The Morgan fingerprint density at radius 3 is 1.44 bits per heavy atom. The fraction of sp³-hybridized carbons (Fsp3) is 0.222. The summed E-state index contributed by atoms with van der Waals surface area (Å²) in [5, 5.41) is 18.6. The summed E-state index contributed by atoms with van der Waals surface area (Å²) in [6.45, 7) is -1.29. The average molecular weight is 374 g/mol. The average Bonchev–Trinajstić information content (AvgIpc) is 2.69. The van der Waals surface area contributed by atoms with Crippen LogP contribution in [0.4, 0.5) is 0 Å². The first-order valence-electron chi connectivity index (χ1n) is 8.12. The molecule has 0 aliphatic rings. The van der Waals surface area contributed by atoms with Gasteiger partial charge in [0.2, 0.25) is 0 Å². The summed E-state index contributed by atoms with van der Waals surface area (Å²) in [5.41, 5.74) is 0. The van der Waals surface area contributed by atoms with Gasteiger partial charge in [0.05, 0.1) is 13.2 Å². The highest BCUT2D eigenvalue weighted by Gasteiger charge is 2.25. The third-order valence-electron chi connectivity index (χ3n) is 3.32. The van der Waals surface area contributed by atoms with Gasteiger partial charge in [-0.2, -0.15) is 0 Å². The van der Waals surface area contributed by atoms with Gasteiger partial charge in [-0.25, -0.2) is 9.59 Å². The van der Waals surface area contributed by atoms with E-state index in [0.717, 1.165) is 0 Å². The predicted molar refractivity (Wildman–Crippen MR) is 95.2 cm³/mol. The van der Waals surface area contributed by atoms with E-state index in [4.69, 9.17) is 18.8 Å². The van der Waals surface area contributed by atoms with E-state index in [1.165, 1.54) is 0 Å². The van der Waals surface area contributed by atoms with Crippen LogP contribution in [0, 0.1) is 0 Å². The number of ether oxygens (including phenoxy) is 2. The van der Waals surface area contributed by atoms with Crippen LogP contribution in [0.15, 0.2) is 60.7 Å². The Kier molecular flexibility index (Phi) is 8.46. The minimum atomic E-state index is -1.31. The number of benzene rings is 2. The van der Waals surface area contributed by atoms with Crippen LogP contribution < -0.4 is 9.47 Å². The van der Waals surface area contributed by atoms with Gasteiger partial charge in [0.1, 0.15) is 11.5 Å². The zero-order valence-corrected chi connectivity index (χ0v) is 14.4. The standard InChI is InChI=1S/C18H19BO8/c20-11-15(17(22)24-13-7-3-1-4-8-13)26-19-27-16(12-21)18(23)25-14-9-5-2-6-10-14/h1-10,15-16,19-21H,11-12H2. The Morgan fingerprint density at radius 1 is 0.741 bits per heavy atom. The fourth-order valence-corrected chi connectivity index (χ4v) is 1.93. The van der Waals surface area contributed by atoms with Crippen molar-refractivity contribution in [2.24, 2.45) is 0 Å². The first-order valence-corrected chi connectivity index (χ1v) is 8.12. The quantitative estimate of drug-likeness (QED) is 0.345. The lowest BCUT2D eigenvalue weighted by Crippen LogP contribution is -2.38. The summed E-state index contributed by atoms with van der Waals surface area (Å²) in [6, 6.07) is 16.6. The molecular weight excluding hydrogens is 355 g/mol. The lowest BCUT2D eigenvalue weighted by molar-refractivity contribution is -0.146. The van der Waals surface area contributed by atoms with Gasteiger partial charge in [-0.1, -0.05) is 36.4 Å². The molecule has 2 aromatic rings. The van der Waals surface area contributed by atoms with Gasteiger partial charge in [0.25, 0.3) is 0 Å². The third kappa shape index (κ3) is 6.84. The molecule has 142 valence electrons. The van der Waals surface area contributed by atoms with Gasteiger partial charge in [0, 0.05) is 0 Å². The van der Waals surface area contributed by atoms with Crippen LogP contribution >= 0.6 is 0 Å². The fourth-order valence-electron chi connectivity index (χ4n) is 1.93. The number of rotatable bonds is 10. The first kappa shape index (κ1) is 20.6. The largest absolute Gasteiger partial charge is 0.439 e. The van der Waals surface area contributed by atoms with Crippen LogP contribution in [-0.4, -0.2) is 55.3 Å². The second kappa shape index (κ2) is 11.1. The molecule has 0 fully saturated rings. The number of carbonyl (C=O) groups excluding carboxylic acids is 2. The lowest BCUT2D eigenvalue weighted by Gasteiger charge is -2.17. The molecule has 2 rings (SSSR count). The molecule has 8 nitrogen and oxygen atoms in total. The Morgan fingerprint density at radius 2 is 1.11 bits per heavy atom. The van der Waals surface area contributed by atoms with Gasteiger partial charge in [-0.05, 0) is 24.3 Å². The number of esters is 2. The Labute approximate surface area is 156 Å². The monoisotopic (exact) mass is 374 g/mol. The Bertz CT molecular complexity index is 648. The molecule has 2 unspecified atom stereocenters. The molecular formula is C18H19BO8. The summed E-state index contributed by atoms with van der Waals surface area (Å²) in [4.78, 5) is 23.9. The minimum Gasteiger partial charge on any atom is -0.425 e. The van der Waals surface area contributed by atoms with Crippen molar-refractivity contribution in [3.8, 4) is 11.5 Å². The molecule has 0 saturated carbocycles. The van der Waals surface area contributed by atoms with E-state index in [1.54, 1.807) is 60.7 Å². The van der Waals surface area contributed by atoms with E-state index in [9.17, 15) is 19.8 Å². The summed E-state index contributed by atoms with van der Waals surface area (Å²) in [5.74, 6) is -1.05. The lowest BCUT2D eigenvalue weighted by atomic mass is 10.2. The van der Waals surface area contributed by atoms with Gasteiger partial charge < -0.3 is 29.0 Å². The zero-order chi connectivity index (χ0) is 19.5. The highest BCUT2D eigenvalue weighted by atomic mass is 16.6. The van der Waals surface area contributed by atoms with Crippen LogP contribution in [0.1, 0.15) is 0 Å². The maximum Gasteiger partial charge on any atom is 0.439 e. The zero-order valence-electron chi connectivity index (χ0n) is 14.4.